The first-order chi connectivity index (χ1) is 8.70. The molecule has 2 rings (SSSR count). The molecule has 0 fully saturated rings. The van der Waals surface area contributed by atoms with E-state index < -0.39 is 12.6 Å². The van der Waals surface area contributed by atoms with Crippen LogP contribution in [0.2, 0.25) is 0 Å². The number of nitrogens with zero attached hydrogens (tertiary/aromatic N) is 3. The molecule has 0 saturated carbocycles. The number of carboxylic acid groups (broad SMARTS) is 1. The Bertz CT molecular complexity index is 541. The molecule has 94 valence electrons. The van der Waals surface area contributed by atoms with E-state index in [2.05, 4.69) is 20.6 Å². The molecule has 2 aromatic rings. The summed E-state index contributed by atoms with van der Waals surface area (Å²) in [6.07, 6.45) is 0. The van der Waals surface area contributed by atoms with Gasteiger partial charge in [-0.05, 0) is 23.4 Å². The second-order valence-corrected chi connectivity index (χ2v) is 3.28. The molecule has 0 aliphatic carbocycles. The lowest BCUT2D eigenvalue weighted by Crippen LogP contribution is -2.10. The fraction of sp³-hybridized carbons (Fsp3) is 0.200. The van der Waals surface area contributed by atoms with Crippen molar-refractivity contribution in [3.63, 3.8) is 0 Å². The zero-order chi connectivity index (χ0) is 13.0. The van der Waals surface area contributed by atoms with Crippen LogP contribution < -0.4 is 9.47 Å². The Labute approximate surface area is 102 Å². The van der Waals surface area contributed by atoms with Crippen LogP contribution in [0.1, 0.15) is 0 Å². The van der Waals surface area contributed by atoms with E-state index in [9.17, 15) is 4.79 Å². The molecule has 1 aromatic heterocycles. The van der Waals surface area contributed by atoms with Crippen molar-refractivity contribution < 1.29 is 19.4 Å². The van der Waals surface area contributed by atoms with E-state index in [1.165, 1.54) is 7.11 Å². The molecule has 1 aromatic carbocycles. The van der Waals surface area contributed by atoms with E-state index in [-0.39, 0.29) is 0 Å². The number of aromatic nitrogens is 4. The number of rotatable bonds is 5. The summed E-state index contributed by atoms with van der Waals surface area (Å²) >= 11 is 0. The molecule has 8 heteroatoms. The Morgan fingerprint density at radius 2 is 2.28 bits per heavy atom. The maximum absolute atomic E-state index is 10.4. The van der Waals surface area contributed by atoms with Crippen LogP contribution in [0.25, 0.3) is 11.4 Å². The molecule has 1 heterocycles. The molecular weight excluding hydrogens is 240 g/mol. The number of benzene rings is 1. The van der Waals surface area contributed by atoms with Crippen LogP contribution in [-0.2, 0) is 4.79 Å². The molecule has 2 N–H and O–H groups in total. The third-order valence-corrected chi connectivity index (χ3v) is 2.12. The van der Waals surface area contributed by atoms with Crippen LogP contribution in [-0.4, -0.2) is 45.4 Å². The first-order valence-corrected chi connectivity index (χ1v) is 4.97. The third-order valence-electron chi connectivity index (χ3n) is 2.12. The molecule has 18 heavy (non-hydrogen) atoms. The standard InChI is InChI=1S/C10H10N4O4/c1-17-8-4-6(10-11-13-14-12-10)2-3-7(8)18-5-9(15)16/h2-4H,5H2,1H3,(H,15,16)(H,11,12,13,14). The number of methoxy groups -OCH3 is 1. The second-order valence-electron chi connectivity index (χ2n) is 3.28. The van der Waals surface area contributed by atoms with Gasteiger partial charge in [0.15, 0.2) is 18.1 Å². The van der Waals surface area contributed by atoms with E-state index >= 15 is 0 Å². The Kier molecular flexibility index (Phi) is 3.37. The van der Waals surface area contributed by atoms with Gasteiger partial charge in [-0.1, -0.05) is 0 Å². The van der Waals surface area contributed by atoms with E-state index in [0.717, 1.165) is 0 Å². The molecule has 0 saturated heterocycles. The van der Waals surface area contributed by atoms with Gasteiger partial charge in [0, 0.05) is 5.56 Å². The average Bonchev–Trinajstić information content (AvgIpc) is 2.90. The van der Waals surface area contributed by atoms with Crippen molar-refractivity contribution in [1.29, 1.82) is 0 Å². The van der Waals surface area contributed by atoms with Crippen LogP contribution in [0, 0.1) is 0 Å². The Morgan fingerprint density at radius 3 is 2.89 bits per heavy atom. The van der Waals surface area contributed by atoms with E-state index in [0.29, 0.717) is 22.9 Å². The smallest absolute Gasteiger partial charge is 0.341 e. The number of nitrogens with one attached hydrogen (secondary N) is 1. The highest BCUT2D eigenvalue weighted by atomic mass is 16.5. The number of aromatic amines is 1. The number of ether oxygens (including phenoxy) is 2. The SMILES string of the molecule is COc1cc(-c2nn[nH]n2)ccc1OCC(=O)O. The van der Waals surface area contributed by atoms with Gasteiger partial charge in [0.1, 0.15) is 0 Å². The van der Waals surface area contributed by atoms with Crippen LogP contribution in [0.5, 0.6) is 11.5 Å². The largest absolute Gasteiger partial charge is 0.493 e. The van der Waals surface area contributed by atoms with E-state index in [4.69, 9.17) is 14.6 Å². The van der Waals surface area contributed by atoms with Crippen molar-refractivity contribution in [2.45, 2.75) is 0 Å². The molecular formula is C10H10N4O4. The topological polar surface area (TPSA) is 110 Å². The minimum Gasteiger partial charge on any atom is -0.493 e. The summed E-state index contributed by atoms with van der Waals surface area (Å²) in [6, 6.07) is 4.92. The Morgan fingerprint density at radius 1 is 1.44 bits per heavy atom. The fourth-order valence-corrected chi connectivity index (χ4v) is 1.35. The van der Waals surface area contributed by atoms with Gasteiger partial charge in [-0.25, -0.2) is 4.79 Å². The van der Waals surface area contributed by atoms with Crippen molar-refractivity contribution in [3.8, 4) is 22.9 Å². The summed E-state index contributed by atoms with van der Waals surface area (Å²) < 4.78 is 10.2. The minimum atomic E-state index is -1.06. The number of hydrogen-bond acceptors (Lipinski definition) is 6. The summed E-state index contributed by atoms with van der Waals surface area (Å²) in [5, 5.41) is 22.0. The molecule has 0 atom stereocenters. The first-order valence-electron chi connectivity index (χ1n) is 4.97. The monoisotopic (exact) mass is 250 g/mol. The maximum atomic E-state index is 10.4. The lowest BCUT2D eigenvalue weighted by atomic mass is 10.2. The predicted octanol–water partition coefficient (Wildman–Crippen LogP) is 0.339. The zero-order valence-electron chi connectivity index (χ0n) is 9.45. The van der Waals surface area contributed by atoms with Crippen LogP contribution in [0.15, 0.2) is 18.2 Å². The summed E-state index contributed by atoms with van der Waals surface area (Å²) in [7, 11) is 1.46. The number of carbonyl (C=O) groups is 1. The van der Waals surface area contributed by atoms with Gasteiger partial charge in [0.25, 0.3) is 0 Å². The number of hydrogen-bond donors (Lipinski definition) is 2. The number of aliphatic carboxylic acids is 1. The van der Waals surface area contributed by atoms with Crippen molar-refractivity contribution in [3.05, 3.63) is 18.2 Å². The summed E-state index contributed by atoms with van der Waals surface area (Å²) in [4.78, 5) is 10.4. The molecule has 0 spiro atoms. The summed E-state index contributed by atoms with van der Waals surface area (Å²) in [6.45, 7) is -0.433. The number of carboxylic acids is 1. The second kappa shape index (κ2) is 5.13. The number of H-pyrrole nitrogens is 1. The maximum Gasteiger partial charge on any atom is 0.341 e. The van der Waals surface area contributed by atoms with Gasteiger partial charge in [-0.15, -0.1) is 10.2 Å². The van der Waals surface area contributed by atoms with Gasteiger partial charge in [0.2, 0.25) is 5.82 Å². The van der Waals surface area contributed by atoms with Crippen molar-refractivity contribution in [2.24, 2.45) is 0 Å². The predicted molar refractivity (Wildman–Crippen MR) is 59.3 cm³/mol. The minimum absolute atomic E-state index is 0.340. The Hall–Kier alpha value is -2.64. The van der Waals surface area contributed by atoms with Crippen LogP contribution in [0.3, 0.4) is 0 Å². The Balaban J connectivity index is 2.26. The number of tetrazole rings is 1. The first kappa shape index (κ1) is 11.8. The van der Waals surface area contributed by atoms with Gasteiger partial charge < -0.3 is 14.6 Å². The molecule has 0 bridgehead atoms. The zero-order valence-corrected chi connectivity index (χ0v) is 9.45. The summed E-state index contributed by atoms with van der Waals surface area (Å²) in [5.41, 5.74) is 0.684. The van der Waals surface area contributed by atoms with Crippen molar-refractivity contribution in [2.75, 3.05) is 13.7 Å². The summed E-state index contributed by atoms with van der Waals surface area (Å²) in [5.74, 6) is 0.100. The lowest BCUT2D eigenvalue weighted by molar-refractivity contribution is -0.139. The lowest BCUT2D eigenvalue weighted by Gasteiger charge is -2.09. The molecule has 0 radical (unpaired) electrons. The normalized spacial score (nSPS) is 10.1. The molecule has 0 amide bonds. The third kappa shape index (κ3) is 2.54. The fourth-order valence-electron chi connectivity index (χ4n) is 1.35. The highest BCUT2D eigenvalue weighted by Gasteiger charge is 2.10. The van der Waals surface area contributed by atoms with Crippen LogP contribution in [0.4, 0.5) is 0 Å². The van der Waals surface area contributed by atoms with Crippen molar-refractivity contribution >= 4 is 5.97 Å². The highest BCUT2D eigenvalue weighted by molar-refractivity contribution is 5.69. The van der Waals surface area contributed by atoms with Crippen molar-refractivity contribution in [1.82, 2.24) is 20.6 Å². The van der Waals surface area contributed by atoms with Gasteiger partial charge in [-0.2, -0.15) is 5.21 Å². The van der Waals surface area contributed by atoms with Gasteiger partial charge in [-0.3, -0.25) is 0 Å². The average molecular weight is 250 g/mol. The molecule has 0 unspecified atom stereocenters. The van der Waals surface area contributed by atoms with Crippen LogP contribution >= 0.6 is 0 Å². The molecule has 0 aliphatic heterocycles. The highest BCUT2D eigenvalue weighted by Crippen LogP contribution is 2.30. The van der Waals surface area contributed by atoms with E-state index in [1.807, 2.05) is 0 Å². The van der Waals surface area contributed by atoms with Gasteiger partial charge >= 0.3 is 5.97 Å². The molecule has 8 nitrogen and oxygen atoms in total. The molecule has 0 aliphatic rings. The van der Waals surface area contributed by atoms with E-state index in [1.54, 1.807) is 18.2 Å². The quantitative estimate of drug-likeness (QED) is 0.787. The van der Waals surface area contributed by atoms with Gasteiger partial charge in [0.05, 0.1) is 7.11 Å².